The zero-order valence-electron chi connectivity index (χ0n) is 11.9. The van der Waals surface area contributed by atoms with Gasteiger partial charge in [-0.25, -0.2) is 0 Å². The summed E-state index contributed by atoms with van der Waals surface area (Å²) in [6, 6.07) is 5.72. The third kappa shape index (κ3) is 4.49. The number of ether oxygens (including phenoxy) is 1. The van der Waals surface area contributed by atoms with E-state index in [0.29, 0.717) is 28.4 Å². The highest BCUT2D eigenvalue weighted by molar-refractivity contribution is 6.42. The van der Waals surface area contributed by atoms with Crippen LogP contribution in [0.5, 0.6) is 5.75 Å². The molecule has 0 radical (unpaired) electrons. The molecule has 2 aliphatic rings. The van der Waals surface area contributed by atoms with Gasteiger partial charge in [0.2, 0.25) is 0 Å². The maximum atomic E-state index is 10.0. The van der Waals surface area contributed by atoms with Crippen LogP contribution in [0.3, 0.4) is 0 Å². The first-order chi connectivity index (χ1) is 10.1. The fourth-order valence-corrected chi connectivity index (χ4v) is 3.01. The fraction of sp³-hybridized carbons (Fsp3) is 0.625. The average molecular weight is 330 g/mol. The van der Waals surface area contributed by atoms with Crippen LogP contribution in [0.2, 0.25) is 10.0 Å². The molecule has 5 heteroatoms. The normalized spacial score (nSPS) is 19.8. The van der Waals surface area contributed by atoms with Crippen molar-refractivity contribution in [1.82, 2.24) is 5.32 Å². The minimum atomic E-state index is -0.514. The maximum absolute atomic E-state index is 10.0. The lowest BCUT2D eigenvalue weighted by Crippen LogP contribution is -2.40. The van der Waals surface area contributed by atoms with Gasteiger partial charge in [-0.2, -0.15) is 0 Å². The Morgan fingerprint density at radius 1 is 1.14 bits per heavy atom. The summed E-state index contributed by atoms with van der Waals surface area (Å²) in [6.07, 6.45) is 4.83. The summed E-state index contributed by atoms with van der Waals surface area (Å²) in [4.78, 5) is 0. The summed E-state index contributed by atoms with van der Waals surface area (Å²) in [6.45, 7) is 0.839. The topological polar surface area (TPSA) is 41.5 Å². The molecule has 2 saturated carbocycles. The Morgan fingerprint density at radius 3 is 2.38 bits per heavy atom. The van der Waals surface area contributed by atoms with Crippen LogP contribution in [0.4, 0.5) is 0 Å². The van der Waals surface area contributed by atoms with Gasteiger partial charge in [0.05, 0.1) is 10.0 Å². The zero-order chi connectivity index (χ0) is 14.8. The number of benzene rings is 1. The Bertz CT molecular complexity index is 477. The van der Waals surface area contributed by atoms with E-state index in [1.807, 2.05) is 0 Å². The lowest BCUT2D eigenvalue weighted by atomic mass is 10.1. The van der Waals surface area contributed by atoms with Gasteiger partial charge < -0.3 is 15.2 Å². The first-order valence-corrected chi connectivity index (χ1v) is 8.38. The number of aliphatic hydroxyl groups is 1. The van der Waals surface area contributed by atoms with Crippen molar-refractivity contribution in [1.29, 1.82) is 0 Å². The number of aliphatic hydroxyl groups excluding tert-OH is 1. The number of halogens is 2. The molecule has 116 valence electrons. The molecule has 3 rings (SSSR count). The minimum Gasteiger partial charge on any atom is -0.491 e. The Kier molecular flexibility index (Phi) is 4.95. The van der Waals surface area contributed by atoms with E-state index in [9.17, 15) is 5.11 Å². The van der Waals surface area contributed by atoms with Crippen LogP contribution in [-0.4, -0.2) is 30.4 Å². The molecule has 0 amide bonds. The highest BCUT2D eigenvalue weighted by atomic mass is 35.5. The van der Waals surface area contributed by atoms with Gasteiger partial charge in [-0.1, -0.05) is 23.2 Å². The van der Waals surface area contributed by atoms with E-state index in [0.717, 1.165) is 11.8 Å². The van der Waals surface area contributed by atoms with Crippen LogP contribution < -0.4 is 10.1 Å². The van der Waals surface area contributed by atoms with Crippen LogP contribution in [0, 0.1) is 11.8 Å². The molecule has 0 spiro atoms. The van der Waals surface area contributed by atoms with E-state index in [-0.39, 0.29) is 6.61 Å². The highest BCUT2D eigenvalue weighted by Crippen LogP contribution is 2.44. The summed E-state index contributed by atoms with van der Waals surface area (Å²) in [7, 11) is 0. The molecule has 0 saturated heterocycles. The van der Waals surface area contributed by atoms with Crippen molar-refractivity contribution in [2.75, 3.05) is 13.2 Å². The molecule has 1 aromatic rings. The molecule has 1 atom stereocenters. The molecule has 1 aromatic carbocycles. The monoisotopic (exact) mass is 329 g/mol. The van der Waals surface area contributed by atoms with Gasteiger partial charge >= 0.3 is 0 Å². The lowest BCUT2D eigenvalue weighted by molar-refractivity contribution is 0.102. The van der Waals surface area contributed by atoms with Crippen molar-refractivity contribution in [2.45, 2.75) is 37.8 Å². The molecule has 2 aliphatic carbocycles. The van der Waals surface area contributed by atoms with E-state index >= 15 is 0 Å². The van der Waals surface area contributed by atoms with Crippen molar-refractivity contribution in [2.24, 2.45) is 11.8 Å². The third-order valence-corrected chi connectivity index (χ3v) is 4.92. The standard InChI is InChI=1S/C16H21Cl2NO2/c17-14-6-5-13(7-15(14)18)21-9-12(20)8-19-16(10-1-2-10)11-3-4-11/h5-7,10-12,16,19-20H,1-4,8-9H2. The Morgan fingerprint density at radius 2 is 1.81 bits per heavy atom. The maximum Gasteiger partial charge on any atom is 0.121 e. The van der Waals surface area contributed by atoms with Crippen molar-refractivity contribution >= 4 is 23.2 Å². The second-order valence-electron chi connectivity index (χ2n) is 6.15. The second kappa shape index (κ2) is 6.74. The molecular formula is C16H21Cl2NO2. The summed E-state index contributed by atoms with van der Waals surface area (Å²) in [5.74, 6) is 2.30. The molecular weight excluding hydrogens is 309 g/mol. The van der Waals surface area contributed by atoms with Gasteiger partial charge in [0.25, 0.3) is 0 Å². The fourth-order valence-electron chi connectivity index (χ4n) is 2.72. The highest BCUT2D eigenvalue weighted by Gasteiger charge is 2.41. The molecule has 0 aliphatic heterocycles. The summed E-state index contributed by atoms with van der Waals surface area (Å²) in [5.41, 5.74) is 0. The van der Waals surface area contributed by atoms with Crippen molar-refractivity contribution < 1.29 is 9.84 Å². The average Bonchev–Trinajstić information content (AvgIpc) is 3.33. The zero-order valence-corrected chi connectivity index (χ0v) is 13.4. The number of hydrogen-bond donors (Lipinski definition) is 2. The van der Waals surface area contributed by atoms with Crippen LogP contribution in [0.15, 0.2) is 18.2 Å². The van der Waals surface area contributed by atoms with Crippen molar-refractivity contribution in [3.05, 3.63) is 28.2 Å². The Balaban J connectivity index is 1.41. The smallest absolute Gasteiger partial charge is 0.121 e. The predicted molar refractivity (Wildman–Crippen MR) is 85.2 cm³/mol. The summed E-state index contributed by atoms with van der Waals surface area (Å²) >= 11 is 11.8. The molecule has 1 unspecified atom stereocenters. The SMILES string of the molecule is OC(CNC(C1CC1)C1CC1)COc1ccc(Cl)c(Cl)c1. The van der Waals surface area contributed by atoms with Gasteiger partial charge in [0.1, 0.15) is 18.5 Å². The molecule has 0 aromatic heterocycles. The Hall–Kier alpha value is -0.480. The van der Waals surface area contributed by atoms with Gasteiger partial charge in [-0.05, 0) is 49.7 Å². The predicted octanol–water partition coefficient (Wildman–Crippen LogP) is 3.51. The lowest BCUT2D eigenvalue weighted by Gasteiger charge is -2.20. The summed E-state index contributed by atoms with van der Waals surface area (Å²) < 4.78 is 5.56. The molecule has 21 heavy (non-hydrogen) atoms. The van der Waals surface area contributed by atoms with Gasteiger partial charge in [0.15, 0.2) is 0 Å². The van der Waals surface area contributed by atoms with Gasteiger partial charge in [-0.3, -0.25) is 0 Å². The van der Waals surface area contributed by atoms with E-state index in [2.05, 4.69) is 5.32 Å². The van der Waals surface area contributed by atoms with Gasteiger partial charge in [0, 0.05) is 18.7 Å². The molecule has 0 heterocycles. The van der Waals surface area contributed by atoms with Crippen LogP contribution in [-0.2, 0) is 0 Å². The third-order valence-electron chi connectivity index (χ3n) is 4.18. The Labute approximate surface area is 135 Å². The van der Waals surface area contributed by atoms with E-state index in [1.54, 1.807) is 18.2 Å². The van der Waals surface area contributed by atoms with Gasteiger partial charge in [-0.15, -0.1) is 0 Å². The van der Waals surface area contributed by atoms with E-state index < -0.39 is 6.10 Å². The van der Waals surface area contributed by atoms with Crippen molar-refractivity contribution in [3.63, 3.8) is 0 Å². The molecule has 2 fully saturated rings. The van der Waals surface area contributed by atoms with Crippen LogP contribution in [0.1, 0.15) is 25.7 Å². The first-order valence-electron chi connectivity index (χ1n) is 7.63. The van der Waals surface area contributed by atoms with Crippen LogP contribution >= 0.6 is 23.2 Å². The second-order valence-corrected chi connectivity index (χ2v) is 6.96. The molecule has 2 N–H and O–H groups in total. The quantitative estimate of drug-likeness (QED) is 0.766. The van der Waals surface area contributed by atoms with E-state index in [1.165, 1.54) is 25.7 Å². The van der Waals surface area contributed by atoms with Crippen molar-refractivity contribution in [3.8, 4) is 5.75 Å². The van der Waals surface area contributed by atoms with Crippen LogP contribution in [0.25, 0.3) is 0 Å². The van der Waals surface area contributed by atoms with E-state index in [4.69, 9.17) is 27.9 Å². The minimum absolute atomic E-state index is 0.257. The summed E-state index contributed by atoms with van der Waals surface area (Å²) in [5, 5.41) is 14.5. The number of hydrogen-bond acceptors (Lipinski definition) is 3. The largest absolute Gasteiger partial charge is 0.491 e. The number of rotatable bonds is 8. The molecule has 0 bridgehead atoms. The molecule has 3 nitrogen and oxygen atoms in total. The number of nitrogens with one attached hydrogen (secondary N) is 1. The first kappa shape index (κ1) is 15.4.